The van der Waals surface area contributed by atoms with Crippen LogP contribution in [-0.2, 0) is 10.8 Å². The Morgan fingerprint density at radius 3 is 1.55 bits per heavy atom. The van der Waals surface area contributed by atoms with Gasteiger partial charge in [0.25, 0.3) is 0 Å². The molecule has 4 atom stereocenters. The fourth-order valence-electron chi connectivity index (χ4n) is 20.9. The van der Waals surface area contributed by atoms with Gasteiger partial charge in [0, 0.05) is 43.8 Å². The zero-order chi connectivity index (χ0) is 45.5. The first-order valence-electron chi connectivity index (χ1n) is 27.6. The van der Waals surface area contributed by atoms with Crippen molar-refractivity contribution >= 4 is 61.4 Å². The summed E-state index contributed by atoms with van der Waals surface area (Å²) < 4.78 is 5.60. The number of hydrogen-bond acceptors (Lipinski definition) is 0. The van der Waals surface area contributed by atoms with Crippen molar-refractivity contribution in [2.24, 2.45) is 46.3 Å². The second-order valence-electron chi connectivity index (χ2n) is 25.6. The molecule has 0 saturated heterocycles. The van der Waals surface area contributed by atoms with Crippen LogP contribution in [0.4, 0.5) is 0 Å². The largest absolute Gasteiger partial charge is 0.375 e. The second kappa shape index (κ2) is 11.8. The van der Waals surface area contributed by atoms with E-state index in [1.807, 2.05) is 0 Å². The predicted octanol–water partition coefficient (Wildman–Crippen LogP) is 15.0. The van der Waals surface area contributed by atoms with Gasteiger partial charge in [-0.05, 0) is 237 Å². The first kappa shape index (κ1) is 37.2. The molecule has 8 fully saturated rings. The minimum Gasteiger partial charge on any atom is -0.375 e. The highest BCUT2D eigenvalue weighted by Crippen LogP contribution is 2.86. The molecule has 20 rings (SSSR count). The standard InChI is InChI=1S/C68H53BN2/c1-4-10-38(11-5-1)41-16-18-59-52(20-41)55-22-42(39-12-6-2-7-13-39)23-58-64(55)70(59)61-24-43(40-14-8-3-9-15-40)21-54-57-31-45(66-34-50-27-47-28-51(35-66)68(47,50)37-66)30-56-53-29-44(17-19-60(53)71(63(56)57)69(58)62(54)61)65-32-48-25-46-26-49(33-65)67(46,48)36-65/h1-24,29-31,46-51H,25-28,32-37H2. The van der Waals surface area contributed by atoms with Gasteiger partial charge in [-0.3, -0.25) is 0 Å². The Bertz CT molecular complexity index is 4100. The lowest BCUT2D eigenvalue weighted by atomic mass is 9.38. The molecule has 2 aliphatic heterocycles. The van der Waals surface area contributed by atoms with Crippen LogP contribution in [0.15, 0.2) is 164 Å². The first-order valence-corrected chi connectivity index (χ1v) is 27.6. The van der Waals surface area contributed by atoms with Crippen LogP contribution in [0.5, 0.6) is 0 Å². The first-order chi connectivity index (χ1) is 35.0. The van der Waals surface area contributed by atoms with E-state index in [-0.39, 0.29) is 6.85 Å². The van der Waals surface area contributed by atoms with Crippen LogP contribution in [-0.4, -0.2) is 15.9 Å². The number of aromatic nitrogens is 2. The predicted molar refractivity (Wildman–Crippen MR) is 291 cm³/mol. The third-order valence-corrected chi connectivity index (χ3v) is 23.5. The Hall–Kier alpha value is -6.58. The van der Waals surface area contributed by atoms with Crippen LogP contribution >= 0.6 is 0 Å². The lowest BCUT2D eigenvalue weighted by Crippen LogP contribution is -2.59. The Balaban J connectivity index is 0.924. The van der Waals surface area contributed by atoms with Gasteiger partial charge in [-0.25, -0.2) is 0 Å². The molecule has 4 heterocycles. The maximum Gasteiger partial charge on any atom is 0.333 e. The average molecular weight is 909 g/mol. The van der Waals surface area contributed by atoms with Gasteiger partial charge in [-0.15, -0.1) is 0 Å². The summed E-state index contributed by atoms with van der Waals surface area (Å²) in [6.07, 6.45) is 14.6. The molecule has 338 valence electrons. The van der Waals surface area contributed by atoms with Crippen LogP contribution in [0, 0.1) is 46.3 Å². The summed E-state index contributed by atoms with van der Waals surface area (Å²) >= 11 is 0. The molecule has 10 aliphatic rings. The van der Waals surface area contributed by atoms with Crippen LogP contribution in [0.25, 0.3) is 93.8 Å². The van der Waals surface area contributed by atoms with Crippen LogP contribution < -0.4 is 10.9 Å². The maximum absolute atomic E-state index is 2.90. The van der Waals surface area contributed by atoms with Gasteiger partial charge in [0.15, 0.2) is 0 Å². The summed E-state index contributed by atoms with van der Waals surface area (Å²) in [5.74, 6) is 5.86. The summed E-state index contributed by atoms with van der Waals surface area (Å²) in [7, 11) is 0. The molecule has 3 heteroatoms. The molecule has 10 aromatic rings. The fraction of sp³-hybridized carbons (Fsp3) is 0.294. The molecule has 0 amide bonds. The zero-order valence-electron chi connectivity index (χ0n) is 40.1. The zero-order valence-corrected chi connectivity index (χ0v) is 40.1. The monoisotopic (exact) mass is 908 g/mol. The van der Waals surface area contributed by atoms with Gasteiger partial charge in [0.2, 0.25) is 0 Å². The third-order valence-electron chi connectivity index (χ3n) is 23.5. The Labute approximate surface area is 414 Å². The molecule has 0 radical (unpaired) electrons. The minimum absolute atomic E-state index is 0.00973. The average Bonchev–Trinajstić information content (AvgIpc) is 4.35. The van der Waals surface area contributed by atoms with Crippen LogP contribution in [0.1, 0.15) is 75.3 Å². The third kappa shape index (κ3) is 4.04. The van der Waals surface area contributed by atoms with E-state index in [0.717, 1.165) is 35.5 Å². The molecule has 8 aliphatic carbocycles. The van der Waals surface area contributed by atoms with E-state index in [2.05, 4.69) is 173 Å². The van der Waals surface area contributed by atoms with Gasteiger partial charge in [-0.2, -0.15) is 0 Å². The molecule has 2 aromatic heterocycles. The number of nitrogens with zero attached hydrogens (tertiary/aromatic N) is 2. The Kier molecular flexibility index (Phi) is 6.21. The Morgan fingerprint density at radius 2 is 0.930 bits per heavy atom. The molecule has 8 aromatic carbocycles. The van der Waals surface area contributed by atoms with Crippen molar-refractivity contribution in [3.63, 3.8) is 0 Å². The van der Waals surface area contributed by atoms with Crippen molar-refractivity contribution in [1.29, 1.82) is 0 Å². The fourth-order valence-corrected chi connectivity index (χ4v) is 20.9. The van der Waals surface area contributed by atoms with Crippen molar-refractivity contribution in [3.8, 4) is 50.2 Å². The van der Waals surface area contributed by atoms with Gasteiger partial charge in [0.05, 0.1) is 11.0 Å². The second-order valence-corrected chi connectivity index (χ2v) is 25.6. The maximum atomic E-state index is 2.90. The molecule has 2 spiro atoms. The Morgan fingerprint density at radius 1 is 0.394 bits per heavy atom. The molecular weight excluding hydrogens is 856 g/mol. The van der Waals surface area contributed by atoms with Gasteiger partial charge in [-0.1, -0.05) is 109 Å². The SMILES string of the molecule is c1ccc(-c2cc3c4c(c2)-n2c5ccc(-c6ccccc6)cc5c5cc(-c6ccccc6)cc(c52)B4n2c4ccc(C56CC7CC8CC(C5)C87C6)cc4c4cc(C56CC7CC8CC(C5)C87C6)cc-3c42)cc1. The number of fused-ring (bicyclic) bond motifs is 12. The molecule has 4 unspecified atom stereocenters. The van der Waals surface area contributed by atoms with E-state index in [1.54, 1.807) is 11.1 Å². The lowest BCUT2D eigenvalue weighted by Gasteiger charge is -2.66. The highest BCUT2D eigenvalue weighted by molar-refractivity contribution is 6.90. The molecule has 0 N–H and O–H groups in total. The minimum atomic E-state index is 0.00973. The molecule has 71 heavy (non-hydrogen) atoms. The van der Waals surface area contributed by atoms with Gasteiger partial charge < -0.3 is 9.05 Å². The highest BCUT2D eigenvalue weighted by atomic mass is 15.0. The van der Waals surface area contributed by atoms with E-state index < -0.39 is 0 Å². The molecule has 8 saturated carbocycles. The molecule has 4 bridgehead atoms. The van der Waals surface area contributed by atoms with Crippen molar-refractivity contribution < 1.29 is 0 Å². The van der Waals surface area contributed by atoms with Gasteiger partial charge >= 0.3 is 6.85 Å². The lowest BCUT2D eigenvalue weighted by molar-refractivity contribution is -0.175. The highest BCUT2D eigenvalue weighted by Gasteiger charge is 2.78. The van der Waals surface area contributed by atoms with Crippen molar-refractivity contribution in [2.75, 3.05) is 0 Å². The molecule has 2 nitrogen and oxygen atoms in total. The number of benzene rings is 8. The normalized spacial score (nSPS) is 32.7. The molecular formula is C68H53BN2. The number of rotatable bonds is 5. The van der Waals surface area contributed by atoms with Gasteiger partial charge in [0.1, 0.15) is 0 Å². The summed E-state index contributed by atoms with van der Waals surface area (Å²) in [6, 6.07) is 64.9. The number of hydrogen-bond donors (Lipinski definition) is 0. The van der Waals surface area contributed by atoms with E-state index in [0.29, 0.717) is 21.7 Å². The topological polar surface area (TPSA) is 9.86 Å². The van der Waals surface area contributed by atoms with E-state index in [9.17, 15) is 0 Å². The summed E-state index contributed by atoms with van der Waals surface area (Å²) in [4.78, 5) is 0. The van der Waals surface area contributed by atoms with Crippen molar-refractivity contribution in [1.82, 2.24) is 9.05 Å². The van der Waals surface area contributed by atoms with Crippen LogP contribution in [0.3, 0.4) is 0 Å². The van der Waals surface area contributed by atoms with Crippen LogP contribution in [0.2, 0.25) is 0 Å². The van der Waals surface area contributed by atoms with E-state index in [1.165, 1.54) is 169 Å². The van der Waals surface area contributed by atoms with E-state index >= 15 is 0 Å². The smallest absolute Gasteiger partial charge is 0.333 e. The summed E-state index contributed by atoms with van der Waals surface area (Å²) in [5, 5.41) is 5.71. The summed E-state index contributed by atoms with van der Waals surface area (Å²) in [5.41, 5.74) is 25.7. The van der Waals surface area contributed by atoms with E-state index in [4.69, 9.17) is 0 Å². The summed E-state index contributed by atoms with van der Waals surface area (Å²) in [6.45, 7) is 0.00973. The van der Waals surface area contributed by atoms with Crippen molar-refractivity contribution in [3.05, 3.63) is 175 Å². The quantitative estimate of drug-likeness (QED) is 0.152. The van der Waals surface area contributed by atoms with Crippen molar-refractivity contribution in [2.45, 2.75) is 75.0 Å².